The number of benzene rings is 1. The Morgan fingerprint density at radius 1 is 1.24 bits per heavy atom. The highest BCUT2D eigenvalue weighted by molar-refractivity contribution is 6.33. The molecule has 0 saturated heterocycles. The summed E-state index contributed by atoms with van der Waals surface area (Å²) in [5.41, 5.74) is 0.0805. The van der Waals surface area contributed by atoms with E-state index in [0.717, 1.165) is 6.07 Å². The molecule has 0 aliphatic heterocycles. The van der Waals surface area contributed by atoms with Crippen molar-refractivity contribution in [1.29, 1.82) is 0 Å². The number of hydrogen-bond acceptors (Lipinski definition) is 5. The largest absolute Gasteiger partial charge is 0.475 e. The number of aromatic nitrogens is 1. The quantitative estimate of drug-likeness (QED) is 0.677. The van der Waals surface area contributed by atoms with Crippen LogP contribution in [0.15, 0.2) is 22.6 Å². The number of oxazole rings is 1. The number of rotatable bonds is 5. The van der Waals surface area contributed by atoms with Crippen LogP contribution in [0.3, 0.4) is 0 Å². The Labute approximate surface area is 170 Å². The molecule has 0 unspecified atom stereocenters. The summed E-state index contributed by atoms with van der Waals surface area (Å²) in [5, 5.41) is 14.7. The predicted molar refractivity (Wildman–Crippen MR) is 101 cm³/mol. The van der Waals surface area contributed by atoms with Crippen LogP contribution in [-0.4, -0.2) is 33.9 Å². The van der Waals surface area contributed by atoms with Crippen LogP contribution < -0.4 is 10.6 Å². The molecule has 1 heterocycles. The van der Waals surface area contributed by atoms with Crippen LogP contribution in [0.25, 0.3) is 0 Å². The van der Waals surface area contributed by atoms with Gasteiger partial charge in [0.15, 0.2) is 11.6 Å². The first kappa shape index (κ1) is 20.8. The minimum atomic E-state index is -1.37. The molecule has 1 aliphatic rings. The Morgan fingerprint density at radius 2 is 1.93 bits per heavy atom. The number of halogens is 2. The first-order valence-electron chi connectivity index (χ1n) is 9.02. The molecule has 0 atom stereocenters. The van der Waals surface area contributed by atoms with E-state index in [2.05, 4.69) is 15.6 Å². The normalized spacial score (nSPS) is 18.9. The van der Waals surface area contributed by atoms with Gasteiger partial charge in [-0.15, -0.1) is 0 Å². The van der Waals surface area contributed by atoms with Crippen LogP contribution in [0.1, 0.15) is 52.6 Å². The minimum Gasteiger partial charge on any atom is -0.475 e. The van der Waals surface area contributed by atoms with Crippen molar-refractivity contribution in [2.45, 2.75) is 38.6 Å². The molecule has 3 rings (SSSR count). The topological polar surface area (TPSA) is 122 Å². The smallest absolute Gasteiger partial charge is 0.374 e. The fraction of sp³-hybridized carbons (Fsp3) is 0.368. The number of carboxylic acid groups (broad SMARTS) is 1. The average Bonchev–Trinajstić information content (AvgIpc) is 3.07. The summed E-state index contributed by atoms with van der Waals surface area (Å²) in [4.78, 5) is 39.8. The van der Waals surface area contributed by atoms with Gasteiger partial charge in [0.25, 0.3) is 5.91 Å². The molecule has 29 heavy (non-hydrogen) atoms. The number of aromatic carboxylic acids is 1. The molecule has 154 valence electrons. The van der Waals surface area contributed by atoms with E-state index in [9.17, 15) is 18.8 Å². The average molecular weight is 424 g/mol. The highest BCUT2D eigenvalue weighted by Crippen LogP contribution is 2.28. The monoisotopic (exact) mass is 423 g/mol. The molecule has 1 aromatic heterocycles. The summed E-state index contributed by atoms with van der Waals surface area (Å²) >= 11 is 5.93. The van der Waals surface area contributed by atoms with Crippen molar-refractivity contribution in [3.63, 3.8) is 0 Å². The fourth-order valence-corrected chi connectivity index (χ4v) is 3.52. The van der Waals surface area contributed by atoms with Gasteiger partial charge < -0.3 is 20.2 Å². The molecule has 1 aromatic carbocycles. The van der Waals surface area contributed by atoms with E-state index in [1.165, 1.54) is 19.1 Å². The Kier molecular flexibility index (Phi) is 6.17. The summed E-state index contributed by atoms with van der Waals surface area (Å²) < 4.78 is 18.1. The Morgan fingerprint density at radius 3 is 2.55 bits per heavy atom. The molecule has 1 fully saturated rings. The Bertz CT molecular complexity index is 953. The molecular weight excluding hydrogens is 405 g/mol. The summed E-state index contributed by atoms with van der Waals surface area (Å²) in [6, 6.07) is 3.53. The van der Waals surface area contributed by atoms with Gasteiger partial charge in [0.1, 0.15) is 5.82 Å². The molecule has 8 nitrogen and oxygen atoms in total. The highest BCUT2D eigenvalue weighted by Gasteiger charge is 2.30. The maximum atomic E-state index is 13.1. The molecule has 1 aliphatic carbocycles. The van der Waals surface area contributed by atoms with Gasteiger partial charge >= 0.3 is 5.97 Å². The van der Waals surface area contributed by atoms with Crippen molar-refractivity contribution in [3.8, 4) is 0 Å². The van der Waals surface area contributed by atoms with Gasteiger partial charge in [-0.2, -0.15) is 0 Å². The van der Waals surface area contributed by atoms with Crippen LogP contribution >= 0.6 is 11.6 Å². The molecule has 1 saturated carbocycles. The van der Waals surface area contributed by atoms with Crippen molar-refractivity contribution in [2.24, 2.45) is 5.92 Å². The van der Waals surface area contributed by atoms with E-state index in [1.54, 1.807) is 0 Å². The summed E-state index contributed by atoms with van der Waals surface area (Å²) in [6.45, 7) is 1.46. The van der Waals surface area contributed by atoms with Crippen molar-refractivity contribution in [1.82, 2.24) is 10.3 Å². The van der Waals surface area contributed by atoms with Crippen molar-refractivity contribution in [2.75, 3.05) is 5.32 Å². The first-order chi connectivity index (χ1) is 13.7. The number of carbonyl (C=O) groups is 3. The van der Waals surface area contributed by atoms with Gasteiger partial charge in [-0.25, -0.2) is 14.2 Å². The lowest BCUT2D eigenvalue weighted by molar-refractivity contribution is -0.120. The van der Waals surface area contributed by atoms with Crippen LogP contribution in [0.2, 0.25) is 5.02 Å². The number of hydrogen-bond donors (Lipinski definition) is 3. The molecular formula is C19H19ClFN3O5. The second-order valence-corrected chi connectivity index (χ2v) is 7.26. The van der Waals surface area contributed by atoms with Crippen molar-refractivity contribution < 1.29 is 28.3 Å². The fourth-order valence-electron chi connectivity index (χ4n) is 3.31. The standard InChI is InChI=1S/C19H19ClFN3O5/c1-9-22-15(16(29-9)19(27)28)18(26)23-12-5-2-10(3-6-12)17(25)24-14-7-4-11(21)8-13(14)20/h4,7-8,10,12H,2-3,5-6H2,1H3,(H,23,26)(H,24,25)(H,27,28). The maximum Gasteiger partial charge on any atom is 0.374 e. The van der Waals surface area contributed by atoms with Gasteiger partial charge in [-0.05, 0) is 43.9 Å². The second-order valence-electron chi connectivity index (χ2n) is 6.85. The highest BCUT2D eigenvalue weighted by atomic mass is 35.5. The van der Waals surface area contributed by atoms with E-state index in [4.69, 9.17) is 21.1 Å². The SMILES string of the molecule is Cc1nc(C(=O)NC2CCC(C(=O)Nc3ccc(F)cc3Cl)CC2)c(C(=O)O)o1. The van der Waals surface area contributed by atoms with E-state index in [1.807, 2.05) is 0 Å². The van der Waals surface area contributed by atoms with Gasteiger partial charge in [-0.3, -0.25) is 9.59 Å². The third-order valence-electron chi connectivity index (χ3n) is 4.77. The van der Waals surface area contributed by atoms with Gasteiger partial charge in [-0.1, -0.05) is 11.6 Å². The molecule has 0 bridgehead atoms. The maximum absolute atomic E-state index is 13.1. The molecule has 2 aromatic rings. The summed E-state index contributed by atoms with van der Waals surface area (Å²) in [7, 11) is 0. The third kappa shape index (κ3) is 4.92. The molecule has 0 radical (unpaired) electrons. The first-order valence-corrected chi connectivity index (χ1v) is 9.40. The third-order valence-corrected chi connectivity index (χ3v) is 5.08. The van der Waals surface area contributed by atoms with Crippen LogP contribution in [0.4, 0.5) is 10.1 Å². The van der Waals surface area contributed by atoms with Gasteiger partial charge in [0.2, 0.25) is 11.7 Å². The Hall–Kier alpha value is -2.94. The van der Waals surface area contributed by atoms with E-state index in [0.29, 0.717) is 31.4 Å². The lowest BCUT2D eigenvalue weighted by atomic mass is 9.85. The predicted octanol–water partition coefficient (Wildman–Crippen LogP) is 3.40. The zero-order chi connectivity index (χ0) is 21.1. The van der Waals surface area contributed by atoms with Crippen LogP contribution in [0, 0.1) is 18.7 Å². The minimum absolute atomic E-state index is 0.0902. The number of carboxylic acids is 1. The summed E-state index contributed by atoms with van der Waals surface area (Å²) in [6.07, 6.45) is 2.14. The number of nitrogens with one attached hydrogen (secondary N) is 2. The van der Waals surface area contributed by atoms with Crippen LogP contribution in [0.5, 0.6) is 0 Å². The van der Waals surface area contributed by atoms with E-state index in [-0.39, 0.29) is 34.5 Å². The van der Waals surface area contributed by atoms with Gasteiger partial charge in [0.05, 0.1) is 10.7 Å². The zero-order valence-electron chi connectivity index (χ0n) is 15.5. The molecule has 0 spiro atoms. The zero-order valence-corrected chi connectivity index (χ0v) is 16.3. The Balaban J connectivity index is 1.54. The van der Waals surface area contributed by atoms with Crippen molar-refractivity contribution in [3.05, 3.63) is 46.4 Å². The van der Waals surface area contributed by atoms with E-state index < -0.39 is 23.5 Å². The van der Waals surface area contributed by atoms with Crippen molar-refractivity contribution >= 4 is 35.1 Å². The molecule has 2 amide bonds. The second kappa shape index (κ2) is 8.60. The lowest BCUT2D eigenvalue weighted by Gasteiger charge is -2.28. The number of anilines is 1. The number of aryl methyl sites for hydroxylation is 1. The number of nitrogens with zero attached hydrogens (tertiary/aromatic N) is 1. The number of amides is 2. The number of carbonyl (C=O) groups excluding carboxylic acids is 2. The lowest BCUT2D eigenvalue weighted by Crippen LogP contribution is -2.40. The van der Waals surface area contributed by atoms with E-state index >= 15 is 0 Å². The molecule has 10 heteroatoms. The molecule has 3 N–H and O–H groups in total. The van der Waals surface area contributed by atoms with Gasteiger partial charge in [0, 0.05) is 18.9 Å². The van der Waals surface area contributed by atoms with Crippen LogP contribution in [-0.2, 0) is 4.79 Å². The summed E-state index contributed by atoms with van der Waals surface area (Å²) in [5.74, 6) is -3.37.